The number of esters is 1. The molecule has 2 heterocycles. The fraction of sp³-hybridized carbons (Fsp3) is 0.176. The van der Waals surface area contributed by atoms with Crippen LogP contribution in [0.3, 0.4) is 0 Å². The number of hydrogen-bond donors (Lipinski definition) is 1. The number of aromatic nitrogens is 2. The van der Waals surface area contributed by atoms with E-state index in [4.69, 9.17) is 9.47 Å². The molecule has 0 atom stereocenters. The number of benzene rings is 1. The number of methoxy groups -OCH3 is 2. The molecule has 0 spiro atoms. The van der Waals surface area contributed by atoms with Gasteiger partial charge < -0.3 is 33.2 Å². The number of aromatic carboxylic acids is 1. The first-order chi connectivity index (χ1) is 13.4. The molecule has 0 fully saturated rings. The number of nitrogens with one attached hydrogen (secondary N) is 1. The Balaban J connectivity index is 0.000000327. The summed E-state index contributed by atoms with van der Waals surface area (Å²) in [5.74, 6) is -1.73. The van der Waals surface area contributed by atoms with Crippen molar-refractivity contribution in [2.75, 3.05) is 14.2 Å². The molecule has 0 radical (unpaired) electrons. The van der Waals surface area contributed by atoms with E-state index in [9.17, 15) is 19.5 Å². The number of ether oxygens (including phenoxy) is 3. The quantitative estimate of drug-likeness (QED) is 0.344. The van der Waals surface area contributed by atoms with E-state index >= 15 is 0 Å². The Kier molecular flexibility index (Phi) is 9.31. The van der Waals surface area contributed by atoms with Crippen LogP contribution in [0, 0.1) is 0 Å². The van der Waals surface area contributed by atoms with Crippen LogP contribution in [-0.4, -0.2) is 36.5 Å². The van der Waals surface area contributed by atoms with Gasteiger partial charge in [0.1, 0.15) is 18.3 Å². The van der Waals surface area contributed by atoms with Gasteiger partial charge in [0.05, 0.1) is 26.4 Å². The summed E-state index contributed by atoms with van der Waals surface area (Å²) in [5.41, 5.74) is 0.439. The molecule has 0 unspecified atom stereocenters. The predicted octanol–water partition coefficient (Wildman–Crippen LogP) is -2.62. The summed E-state index contributed by atoms with van der Waals surface area (Å²) in [6.45, 7) is 0.253. The van der Waals surface area contributed by atoms with Gasteiger partial charge in [-0.1, -0.05) is 12.1 Å². The van der Waals surface area contributed by atoms with Crippen LogP contribution in [-0.2, 0) is 11.3 Å². The maximum atomic E-state index is 10.6. The fourth-order valence-corrected chi connectivity index (χ4v) is 1.79. The van der Waals surface area contributed by atoms with Crippen molar-refractivity contribution < 1.29 is 56.8 Å². The van der Waals surface area contributed by atoms with Gasteiger partial charge in [0.25, 0.3) is 11.4 Å². The third-order valence-corrected chi connectivity index (χ3v) is 3.15. The van der Waals surface area contributed by atoms with Crippen LogP contribution in [0.2, 0.25) is 0 Å². The van der Waals surface area contributed by atoms with Crippen LogP contribution in [0.25, 0.3) is 0 Å². The minimum Gasteiger partial charge on any atom is -0.541 e. The Hall–Kier alpha value is -3.42. The van der Waals surface area contributed by atoms with Gasteiger partial charge >= 0.3 is 24.8 Å². The second kappa shape index (κ2) is 11.4. The Morgan fingerprint density at radius 3 is 2.31 bits per heavy atom. The number of hydrogen-bond acceptors (Lipinski definition) is 10. The van der Waals surface area contributed by atoms with E-state index in [0.717, 1.165) is 17.4 Å². The molecule has 0 saturated heterocycles. The number of rotatable bonds is 6. The van der Waals surface area contributed by atoms with Crippen molar-refractivity contribution in [3.8, 4) is 11.6 Å². The van der Waals surface area contributed by atoms with Crippen LogP contribution in [0.15, 0.2) is 50.2 Å². The second-order valence-electron chi connectivity index (χ2n) is 5.02. The molecule has 148 valence electrons. The SMILES string of the molecule is COC(=O)c1cc(=O)[nH]o1.COc1ccc(COc2cc(C(=O)[O-])on2)cc1.[Li+]. The zero-order valence-corrected chi connectivity index (χ0v) is 15.8. The maximum absolute atomic E-state index is 10.6. The van der Waals surface area contributed by atoms with Crippen LogP contribution < -0.4 is 39.0 Å². The van der Waals surface area contributed by atoms with Crippen molar-refractivity contribution in [1.29, 1.82) is 0 Å². The molecule has 0 aliphatic carbocycles. The van der Waals surface area contributed by atoms with Crippen molar-refractivity contribution >= 4 is 11.9 Å². The smallest absolute Gasteiger partial charge is 0.541 e. The van der Waals surface area contributed by atoms with Crippen molar-refractivity contribution in [3.63, 3.8) is 0 Å². The van der Waals surface area contributed by atoms with Crippen molar-refractivity contribution in [2.24, 2.45) is 0 Å². The molecule has 12 heteroatoms. The normalized spacial score (nSPS) is 9.45. The molecule has 11 nitrogen and oxygen atoms in total. The average molecular weight is 398 g/mol. The van der Waals surface area contributed by atoms with Gasteiger partial charge in [0, 0.05) is 0 Å². The molecule has 0 amide bonds. The molecular formula is C17H15LiN2O9. The van der Waals surface area contributed by atoms with Crippen molar-refractivity contribution in [3.05, 3.63) is 63.8 Å². The number of carbonyl (C=O) groups is 2. The molecular weight excluding hydrogens is 383 g/mol. The summed E-state index contributed by atoms with van der Waals surface area (Å²) in [4.78, 5) is 31.4. The molecule has 0 bridgehead atoms. The first-order valence-electron chi connectivity index (χ1n) is 7.63. The Labute approximate surface area is 175 Å². The van der Waals surface area contributed by atoms with Crippen LogP contribution >= 0.6 is 0 Å². The zero-order chi connectivity index (χ0) is 20.5. The van der Waals surface area contributed by atoms with Crippen LogP contribution in [0.5, 0.6) is 11.6 Å². The monoisotopic (exact) mass is 398 g/mol. The molecule has 1 N–H and O–H groups in total. The maximum Gasteiger partial charge on any atom is 1.00 e. The zero-order valence-electron chi connectivity index (χ0n) is 15.8. The van der Waals surface area contributed by atoms with Gasteiger partial charge in [-0.2, -0.15) is 5.16 Å². The Morgan fingerprint density at radius 1 is 1.14 bits per heavy atom. The summed E-state index contributed by atoms with van der Waals surface area (Å²) in [7, 11) is 2.79. The third kappa shape index (κ3) is 7.25. The van der Waals surface area contributed by atoms with E-state index in [1.165, 1.54) is 13.2 Å². The van der Waals surface area contributed by atoms with E-state index in [1.807, 2.05) is 17.3 Å². The van der Waals surface area contributed by atoms with Gasteiger partial charge in [-0.05, 0) is 22.9 Å². The van der Waals surface area contributed by atoms with Gasteiger partial charge in [-0.15, -0.1) is 0 Å². The number of nitrogens with zero attached hydrogens (tertiary/aromatic N) is 1. The average Bonchev–Trinajstić information content (AvgIpc) is 3.36. The minimum absolute atomic E-state index is 0. The van der Waals surface area contributed by atoms with Gasteiger partial charge in [-0.3, -0.25) is 4.79 Å². The molecule has 0 saturated carbocycles. The van der Waals surface area contributed by atoms with Crippen LogP contribution in [0.1, 0.15) is 26.7 Å². The second-order valence-corrected chi connectivity index (χ2v) is 5.02. The van der Waals surface area contributed by atoms with Crippen LogP contribution in [0.4, 0.5) is 0 Å². The summed E-state index contributed by atoms with van der Waals surface area (Å²) in [6.07, 6.45) is 0. The van der Waals surface area contributed by atoms with E-state index in [2.05, 4.69) is 18.9 Å². The largest absolute Gasteiger partial charge is 1.00 e. The first-order valence-corrected chi connectivity index (χ1v) is 7.63. The van der Waals surface area contributed by atoms with Crippen molar-refractivity contribution in [2.45, 2.75) is 6.61 Å². The predicted molar refractivity (Wildman–Crippen MR) is 88.8 cm³/mol. The molecule has 29 heavy (non-hydrogen) atoms. The van der Waals surface area contributed by atoms with Gasteiger partial charge in [-0.25, -0.2) is 4.79 Å². The first kappa shape index (κ1) is 23.6. The van der Waals surface area contributed by atoms with Gasteiger partial charge in [0.2, 0.25) is 5.76 Å². The summed E-state index contributed by atoms with van der Waals surface area (Å²) >= 11 is 0. The molecule has 1 aromatic carbocycles. The molecule has 3 rings (SSSR count). The third-order valence-electron chi connectivity index (χ3n) is 3.15. The molecule has 2 aromatic heterocycles. The number of aromatic amines is 1. The molecule has 3 aromatic rings. The summed E-state index contributed by atoms with van der Waals surface area (Å²) < 4.78 is 23.4. The van der Waals surface area contributed by atoms with Crippen molar-refractivity contribution in [1.82, 2.24) is 10.3 Å². The number of H-pyrrole nitrogens is 1. The fourth-order valence-electron chi connectivity index (χ4n) is 1.79. The number of carboxylic acids is 1. The topological polar surface area (TPSA) is 157 Å². The van der Waals surface area contributed by atoms with E-state index in [-0.39, 0.29) is 42.9 Å². The molecule has 0 aliphatic heterocycles. The Morgan fingerprint density at radius 2 is 1.83 bits per heavy atom. The number of carbonyl (C=O) groups excluding carboxylic acids is 2. The van der Waals surface area contributed by atoms with E-state index in [0.29, 0.717) is 0 Å². The summed E-state index contributed by atoms with van der Waals surface area (Å²) in [6, 6.07) is 9.45. The van der Waals surface area contributed by atoms with E-state index < -0.39 is 17.5 Å². The summed E-state index contributed by atoms with van der Waals surface area (Å²) in [5, 5.41) is 15.8. The minimum atomic E-state index is -1.43. The standard InChI is InChI=1S/C12H11NO5.C5H5NO4.Li/c1-16-9-4-2-8(3-5-9)7-17-11-6-10(12(14)15)18-13-11;1-9-5(8)3-2-4(7)6-10-3;/h2-6H,7H2,1H3,(H,14,15);2H,1H3,(H,6,7);/q;;+1/p-1. The van der Waals surface area contributed by atoms with E-state index in [1.54, 1.807) is 19.2 Å². The Bertz CT molecular complexity index is 975. The molecule has 0 aliphatic rings. The van der Waals surface area contributed by atoms with Gasteiger partial charge in [0.15, 0.2) is 5.76 Å². The number of carboxylic acid groups (broad SMARTS) is 1.